The molecule has 0 saturated carbocycles. The number of carbonyl (C=O) groups excluding carboxylic acids is 1. The number of benzene rings is 1. The number of hydrogen-bond donors (Lipinski definition) is 2. The Labute approximate surface area is 108 Å². The first-order valence-electron chi connectivity index (χ1n) is 5.83. The molecule has 0 heterocycles. The second kappa shape index (κ2) is 7.30. The van der Waals surface area contributed by atoms with Crippen LogP contribution < -0.4 is 10.6 Å². The number of halogens is 1. The summed E-state index contributed by atoms with van der Waals surface area (Å²) in [6.07, 6.45) is 1.41. The molecule has 1 atom stereocenters. The summed E-state index contributed by atoms with van der Waals surface area (Å²) in [6.45, 7) is 2.93. The van der Waals surface area contributed by atoms with E-state index in [0.717, 1.165) is 18.0 Å². The van der Waals surface area contributed by atoms with Crippen molar-refractivity contribution in [3.8, 4) is 0 Å². The number of nitrogens with one attached hydrogen (secondary N) is 2. The first kappa shape index (κ1) is 14.0. The Morgan fingerprint density at radius 3 is 2.59 bits per heavy atom. The van der Waals surface area contributed by atoms with Crippen LogP contribution in [0, 0.1) is 0 Å². The van der Waals surface area contributed by atoms with Gasteiger partial charge in [-0.15, -0.1) is 0 Å². The van der Waals surface area contributed by atoms with Gasteiger partial charge >= 0.3 is 0 Å². The van der Waals surface area contributed by atoms with Crippen molar-refractivity contribution < 1.29 is 4.79 Å². The third kappa shape index (κ3) is 5.20. The summed E-state index contributed by atoms with van der Waals surface area (Å²) in [5.41, 5.74) is 1.20. The van der Waals surface area contributed by atoms with E-state index >= 15 is 0 Å². The van der Waals surface area contributed by atoms with Crippen LogP contribution in [0.15, 0.2) is 24.3 Å². The lowest BCUT2D eigenvalue weighted by Gasteiger charge is -2.14. The summed E-state index contributed by atoms with van der Waals surface area (Å²) < 4.78 is 0. The molecule has 0 unspecified atom stereocenters. The van der Waals surface area contributed by atoms with E-state index in [2.05, 4.69) is 17.6 Å². The largest absolute Gasteiger partial charge is 0.359 e. The minimum absolute atomic E-state index is 0.0888. The van der Waals surface area contributed by atoms with Crippen LogP contribution in [0.3, 0.4) is 0 Å². The van der Waals surface area contributed by atoms with Crippen molar-refractivity contribution in [2.24, 2.45) is 0 Å². The van der Waals surface area contributed by atoms with Crippen molar-refractivity contribution in [3.05, 3.63) is 34.9 Å². The summed E-state index contributed by atoms with van der Waals surface area (Å²) in [7, 11) is 1.66. The molecular formula is C13H19ClN2O. The van der Waals surface area contributed by atoms with E-state index in [1.165, 1.54) is 5.56 Å². The number of rotatable bonds is 6. The van der Waals surface area contributed by atoms with Gasteiger partial charge in [0.2, 0.25) is 5.91 Å². The lowest BCUT2D eigenvalue weighted by molar-refractivity contribution is -0.120. The van der Waals surface area contributed by atoms with Gasteiger partial charge in [0.25, 0.3) is 0 Å². The molecule has 0 spiro atoms. The maximum Gasteiger partial charge on any atom is 0.219 e. The van der Waals surface area contributed by atoms with Gasteiger partial charge in [0.1, 0.15) is 0 Å². The number of hydrogen-bond acceptors (Lipinski definition) is 2. The molecule has 0 fully saturated rings. The molecule has 4 heteroatoms. The van der Waals surface area contributed by atoms with Crippen LogP contribution in [-0.2, 0) is 4.79 Å². The van der Waals surface area contributed by atoms with E-state index in [9.17, 15) is 4.79 Å². The molecular weight excluding hydrogens is 236 g/mol. The minimum atomic E-state index is 0.0888. The van der Waals surface area contributed by atoms with E-state index in [-0.39, 0.29) is 11.9 Å². The molecule has 0 bridgehead atoms. The zero-order valence-electron chi connectivity index (χ0n) is 10.3. The highest BCUT2D eigenvalue weighted by molar-refractivity contribution is 6.30. The van der Waals surface area contributed by atoms with Crippen molar-refractivity contribution in [1.82, 2.24) is 10.6 Å². The maximum absolute atomic E-state index is 11.0. The highest BCUT2D eigenvalue weighted by atomic mass is 35.5. The molecule has 3 nitrogen and oxygen atoms in total. The van der Waals surface area contributed by atoms with E-state index in [1.54, 1.807) is 7.05 Å². The van der Waals surface area contributed by atoms with Crippen LogP contribution in [0.1, 0.15) is 31.4 Å². The van der Waals surface area contributed by atoms with E-state index < -0.39 is 0 Å². The highest BCUT2D eigenvalue weighted by Crippen LogP contribution is 2.15. The van der Waals surface area contributed by atoms with Crippen LogP contribution in [0.2, 0.25) is 5.02 Å². The molecule has 0 radical (unpaired) electrons. The smallest absolute Gasteiger partial charge is 0.219 e. The maximum atomic E-state index is 11.0. The fourth-order valence-corrected chi connectivity index (χ4v) is 1.69. The van der Waals surface area contributed by atoms with Crippen molar-refractivity contribution in [2.45, 2.75) is 25.8 Å². The zero-order valence-corrected chi connectivity index (χ0v) is 11.1. The summed E-state index contributed by atoms with van der Waals surface area (Å²) in [4.78, 5) is 11.0. The Morgan fingerprint density at radius 1 is 1.35 bits per heavy atom. The first-order valence-corrected chi connectivity index (χ1v) is 6.20. The SMILES string of the molecule is CNC(=O)CCCN[C@@H](C)c1ccc(Cl)cc1. The lowest BCUT2D eigenvalue weighted by atomic mass is 10.1. The molecule has 0 aliphatic rings. The Morgan fingerprint density at radius 2 is 2.00 bits per heavy atom. The summed E-state index contributed by atoms with van der Waals surface area (Å²) in [5.74, 6) is 0.0888. The predicted molar refractivity (Wildman–Crippen MR) is 71.2 cm³/mol. The molecule has 1 rings (SSSR count). The fraction of sp³-hybridized carbons (Fsp3) is 0.462. The van der Waals surface area contributed by atoms with Gasteiger partial charge in [-0.25, -0.2) is 0 Å². The second-order valence-corrected chi connectivity index (χ2v) is 4.44. The summed E-state index contributed by atoms with van der Waals surface area (Å²) in [6, 6.07) is 8.08. The van der Waals surface area contributed by atoms with Crippen LogP contribution in [0.25, 0.3) is 0 Å². The van der Waals surface area contributed by atoms with E-state index in [1.807, 2.05) is 24.3 Å². The van der Waals surface area contributed by atoms with Crippen molar-refractivity contribution in [3.63, 3.8) is 0 Å². The van der Waals surface area contributed by atoms with Crippen LogP contribution in [-0.4, -0.2) is 19.5 Å². The standard InChI is InChI=1S/C13H19ClN2O/c1-10(11-5-7-12(14)8-6-11)16-9-3-4-13(17)15-2/h5-8,10,16H,3-4,9H2,1-2H3,(H,15,17)/t10-/m0/s1. The monoisotopic (exact) mass is 254 g/mol. The topological polar surface area (TPSA) is 41.1 Å². The lowest BCUT2D eigenvalue weighted by Crippen LogP contribution is -2.23. The van der Waals surface area contributed by atoms with Crippen molar-refractivity contribution in [1.29, 1.82) is 0 Å². The summed E-state index contributed by atoms with van der Waals surface area (Å²) >= 11 is 5.83. The van der Waals surface area contributed by atoms with Gasteiger partial charge in [0.15, 0.2) is 0 Å². The van der Waals surface area contributed by atoms with Gasteiger partial charge in [-0.1, -0.05) is 23.7 Å². The first-order chi connectivity index (χ1) is 8.13. The average Bonchev–Trinajstić information content (AvgIpc) is 2.34. The molecule has 17 heavy (non-hydrogen) atoms. The fourth-order valence-electron chi connectivity index (χ4n) is 1.56. The molecule has 94 valence electrons. The van der Waals surface area contributed by atoms with Gasteiger partial charge in [-0.05, 0) is 37.6 Å². The summed E-state index contributed by atoms with van der Waals surface area (Å²) in [5, 5.41) is 6.73. The average molecular weight is 255 g/mol. The van der Waals surface area contributed by atoms with Crippen molar-refractivity contribution in [2.75, 3.05) is 13.6 Å². The molecule has 2 N–H and O–H groups in total. The predicted octanol–water partition coefficient (Wildman–Crippen LogP) is 2.52. The second-order valence-electron chi connectivity index (χ2n) is 4.00. The normalized spacial score (nSPS) is 12.2. The number of amides is 1. The Kier molecular flexibility index (Phi) is 6.01. The van der Waals surface area contributed by atoms with E-state index in [0.29, 0.717) is 6.42 Å². The van der Waals surface area contributed by atoms with Crippen LogP contribution >= 0.6 is 11.6 Å². The Hall–Kier alpha value is -1.06. The van der Waals surface area contributed by atoms with Gasteiger partial charge in [-0.2, -0.15) is 0 Å². The molecule has 0 saturated heterocycles. The third-order valence-electron chi connectivity index (χ3n) is 2.68. The molecule has 0 aliphatic carbocycles. The Balaban J connectivity index is 2.27. The molecule has 0 aromatic heterocycles. The molecule has 0 aliphatic heterocycles. The van der Waals surface area contributed by atoms with Crippen molar-refractivity contribution >= 4 is 17.5 Å². The van der Waals surface area contributed by atoms with E-state index in [4.69, 9.17) is 11.6 Å². The Bertz CT molecular complexity index is 351. The van der Waals surface area contributed by atoms with Gasteiger partial charge in [-0.3, -0.25) is 4.79 Å². The van der Waals surface area contributed by atoms with Gasteiger partial charge in [0.05, 0.1) is 0 Å². The van der Waals surface area contributed by atoms with Gasteiger partial charge < -0.3 is 10.6 Å². The number of carbonyl (C=O) groups is 1. The third-order valence-corrected chi connectivity index (χ3v) is 2.93. The molecule has 1 amide bonds. The molecule has 1 aromatic carbocycles. The molecule has 1 aromatic rings. The van der Waals surface area contributed by atoms with Crippen LogP contribution in [0.4, 0.5) is 0 Å². The minimum Gasteiger partial charge on any atom is -0.359 e. The zero-order chi connectivity index (χ0) is 12.7. The quantitative estimate of drug-likeness (QED) is 0.766. The van der Waals surface area contributed by atoms with Crippen LogP contribution in [0.5, 0.6) is 0 Å². The van der Waals surface area contributed by atoms with Gasteiger partial charge in [0, 0.05) is 24.5 Å². The highest BCUT2D eigenvalue weighted by Gasteiger charge is 2.04.